The van der Waals surface area contributed by atoms with E-state index >= 15 is 0 Å². The number of nitrogens with one attached hydrogen (secondary N) is 2. The fourth-order valence-electron chi connectivity index (χ4n) is 2.20. The van der Waals surface area contributed by atoms with Crippen LogP contribution in [0.25, 0.3) is 0 Å². The Kier molecular flexibility index (Phi) is 2.99. The summed E-state index contributed by atoms with van der Waals surface area (Å²) in [6, 6.07) is 8.37. The molecule has 0 fully saturated rings. The molecular formula is C13H14BrN3. The fraction of sp³-hybridized carbons (Fsp3) is 0.308. The number of rotatable bonds is 2. The summed E-state index contributed by atoms with van der Waals surface area (Å²) in [6.07, 6.45) is 1.90. The quantitative estimate of drug-likeness (QED) is 0.892. The molecular weight excluding hydrogens is 278 g/mol. The molecule has 0 bridgehead atoms. The van der Waals surface area contributed by atoms with Crippen LogP contribution in [0.3, 0.4) is 0 Å². The van der Waals surface area contributed by atoms with Gasteiger partial charge in [0.25, 0.3) is 0 Å². The minimum Gasteiger partial charge on any atom is -0.344 e. The average Bonchev–Trinajstić information content (AvgIpc) is 2.71. The predicted octanol–water partition coefficient (Wildman–Crippen LogP) is 2.41. The van der Waals surface area contributed by atoms with Crippen molar-refractivity contribution in [1.82, 2.24) is 15.3 Å². The Bertz CT molecular complexity index is 510. The van der Waals surface area contributed by atoms with Gasteiger partial charge in [-0.15, -0.1) is 0 Å². The maximum absolute atomic E-state index is 4.66. The Balaban J connectivity index is 1.83. The molecule has 0 unspecified atom stereocenters. The standard InChI is InChI=1S/C13H14BrN3/c14-10-3-1-2-9(6-10)7-13-16-11-4-5-15-8-12(11)17-13/h1-3,6,15H,4-5,7-8H2,(H,16,17). The van der Waals surface area contributed by atoms with E-state index < -0.39 is 0 Å². The molecule has 1 aromatic heterocycles. The number of hydrogen-bond donors (Lipinski definition) is 2. The van der Waals surface area contributed by atoms with Crippen molar-refractivity contribution in [3.8, 4) is 0 Å². The van der Waals surface area contributed by atoms with Crippen LogP contribution in [0.5, 0.6) is 0 Å². The molecule has 0 radical (unpaired) electrons. The second-order valence-electron chi connectivity index (χ2n) is 4.34. The van der Waals surface area contributed by atoms with Gasteiger partial charge in [-0.05, 0) is 17.7 Å². The molecule has 88 valence electrons. The zero-order valence-electron chi connectivity index (χ0n) is 9.46. The Morgan fingerprint density at radius 1 is 1.35 bits per heavy atom. The monoisotopic (exact) mass is 291 g/mol. The smallest absolute Gasteiger partial charge is 0.111 e. The number of halogens is 1. The number of H-pyrrole nitrogens is 1. The van der Waals surface area contributed by atoms with E-state index in [-0.39, 0.29) is 0 Å². The number of fused-ring (bicyclic) bond motifs is 1. The first kappa shape index (κ1) is 11.0. The largest absolute Gasteiger partial charge is 0.344 e. The van der Waals surface area contributed by atoms with Gasteiger partial charge in [-0.25, -0.2) is 4.98 Å². The van der Waals surface area contributed by atoms with Crippen LogP contribution in [0.15, 0.2) is 28.7 Å². The zero-order chi connectivity index (χ0) is 11.7. The lowest BCUT2D eigenvalue weighted by atomic mass is 10.1. The van der Waals surface area contributed by atoms with Crippen LogP contribution in [0.2, 0.25) is 0 Å². The highest BCUT2D eigenvalue weighted by Crippen LogP contribution is 2.16. The Morgan fingerprint density at radius 3 is 3.12 bits per heavy atom. The molecule has 4 heteroatoms. The van der Waals surface area contributed by atoms with E-state index in [1.165, 1.54) is 17.0 Å². The lowest BCUT2D eigenvalue weighted by Crippen LogP contribution is -2.23. The highest BCUT2D eigenvalue weighted by Gasteiger charge is 2.13. The summed E-state index contributed by atoms with van der Waals surface area (Å²) in [5.41, 5.74) is 3.76. The second-order valence-corrected chi connectivity index (χ2v) is 5.26. The first-order valence-corrected chi connectivity index (χ1v) is 6.62. The van der Waals surface area contributed by atoms with Crippen LogP contribution < -0.4 is 5.32 Å². The van der Waals surface area contributed by atoms with Crippen molar-refractivity contribution in [3.63, 3.8) is 0 Å². The van der Waals surface area contributed by atoms with Crippen molar-refractivity contribution in [2.24, 2.45) is 0 Å². The minimum atomic E-state index is 0.867. The van der Waals surface area contributed by atoms with Gasteiger partial charge in [-0.2, -0.15) is 0 Å². The summed E-state index contributed by atoms with van der Waals surface area (Å²) in [6.45, 7) is 1.95. The highest BCUT2D eigenvalue weighted by atomic mass is 79.9. The van der Waals surface area contributed by atoms with Crippen LogP contribution in [0, 0.1) is 0 Å². The number of nitrogens with zero attached hydrogens (tertiary/aromatic N) is 1. The van der Waals surface area contributed by atoms with Crippen molar-refractivity contribution >= 4 is 15.9 Å². The number of aromatic amines is 1. The number of benzene rings is 1. The molecule has 0 amide bonds. The zero-order valence-corrected chi connectivity index (χ0v) is 11.0. The molecule has 3 nitrogen and oxygen atoms in total. The number of imidazole rings is 1. The highest BCUT2D eigenvalue weighted by molar-refractivity contribution is 9.10. The average molecular weight is 292 g/mol. The molecule has 2 aromatic rings. The van der Waals surface area contributed by atoms with Gasteiger partial charge in [0.15, 0.2) is 0 Å². The van der Waals surface area contributed by atoms with Crippen molar-refractivity contribution in [1.29, 1.82) is 0 Å². The SMILES string of the molecule is Brc1cccc(Cc2nc3c([nH]2)CNCC3)c1. The molecule has 0 spiro atoms. The maximum Gasteiger partial charge on any atom is 0.111 e. The van der Waals surface area contributed by atoms with Gasteiger partial charge in [0.1, 0.15) is 5.82 Å². The van der Waals surface area contributed by atoms with Gasteiger partial charge in [-0.1, -0.05) is 28.1 Å². The van der Waals surface area contributed by atoms with Crippen LogP contribution in [0.4, 0.5) is 0 Å². The van der Waals surface area contributed by atoms with Crippen molar-refractivity contribution in [2.75, 3.05) is 6.54 Å². The van der Waals surface area contributed by atoms with Gasteiger partial charge in [0.05, 0.1) is 11.4 Å². The summed E-state index contributed by atoms with van der Waals surface area (Å²) in [7, 11) is 0. The summed E-state index contributed by atoms with van der Waals surface area (Å²) < 4.78 is 1.12. The van der Waals surface area contributed by atoms with E-state index in [1.807, 2.05) is 6.07 Å². The van der Waals surface area contributed by atoms with E-state index in [0.29, 0.717) is 0 Å². The molecule has 2 N–H and O–H groups in total. The van der Waals surface area contributed by atoms with Crippen LogP contribution >= 0.6 is 15.9 Å². The van der Waals surface area contributed by atoms with E-state index in [4.69, 9.17) is 0 Å². The first-order valence-electron chi connectivity index (χ1n) is 5.83. The Hall–Kier alpha value is -1.13. The van der Waals surface area contributed by atoms with Gasteiger partial charge < -0.3 is 10.3 Å². The molecule has 2 heterocycles. The summed E-state index contributed by atoms with van der Waals surface area (Å²) in [4.78, 5) is 8.08. The van der Waals surface area contributed by atoms with E-state index in [1.54, 1.807) is 0 Å². The van der Waals surface area contributed by atoms with Crippen LogP contribution in [-0.2, 0) is 19.4 Å². The summed E-state index contributed by atoms with van der Waals surface area (Å²) in [5, 5.41) is 3.35. The van der Waals surface area contributed by atoms with Gasteiger partial charge in [0.2, 0.25) is 0 Å². The van der Waals surface area contributed by atoms with Crippen LogP contribution in [-0.4, -0.2) is 16.5 Å². The van der Waals surface area contributed by atoms with Crippen molar-refractivity contribution in [2.45, 2.75) is 19.4 Å². The van der Waals surface area contributed by atoms with Crippen LogP contribution in [0.1, 0.15) is 22.8 Å². The lowest BCUT2D eigenvalue weighted by Gasteiger charge is -2.09. The van der Waals surface area contributed by atoms with E-state index in [2.05, 4.69) is 49.4 Å². The lowest BCUT2D eigenvalue weighted by molar-refractivity contribution is 0.627. The first-order chi connectivity index (χ1) is 8.31. The third kappa shape index (κ3) is 2.42. The molecule has 1 aliphatic heterocycles. The van der Waals surface area contributed by atoms with E-state index in [0.717, 1.165) is 36.2 Å². The Labute approximate surface area is 109 Å². The fourth-order valence-corrected chi connectivity index (χ4v) is 2.65. The normalized spacial score (nSPS) is 14.6. The second kappa shape index (κ2) is 4.63. The molecule has 1 aliphatic rings. The molecule has 1 aromatic carbocycles. The van der Waals surface area contributed by atoms with Gasteiger partial charge in [0, 0.05) is 30.4 Å². The molecule has 3 rings (SSSR count). The molecule has 0 saturated heterocycles. The number of hydrogen-bond acceptors (Lipinski definition) is 2. The van der Waals surface area contributed by atoms with Gasteiger partial charge >= 0.3 is 0 Å². The molecule has 0 saturated carbocycles. The van der Waals surface area contributed by atoms with Crippen molar-refractivity contribution < 1.29 is 0 Å². The summed E-state index contributed by atoms with van der Waals surface area (Å²) in [5.74, 6) is 1.07. The summed E-state index contributed by atoms with van der Waals surface area (Å²) >= 11 is 3.49. The maximum atomic E-state index is 4.66. The third-order valence-corrected chi connectivity index (χ3v) is 3.51. The Morgan fingerprint density at radius 2 is 2.29 bits per heavy atom. The van der Waals surface area contributed by atoms with E-state index in [9.17, 15) is 0 Å². The predicted molar refractivity (Wildman–Crippen MR) is 70.9 cm³/mol. The minimum absolute atomic E-state index is 0.867. The molecule has 0 aliphatic carbocycles. The molecule has 17 heavy (non-hydrogen) atoms. The number of aromatic nitrogens is 2. The molecule has 0 atom stereocenters. The topological polar surface area (TPSA) is 40.7 Å². The van der Waals surface area contributed by atoms with Gasteiger partial charge in [-0.3, -0.25) is 0 Å². The van der Waals surface area contributed by atoms with Crippen molar-refractivity contribution in [3.05, 3.63) is 51.5 Å². The third-order valence-electron chi connectivity index (χ3n) is 3.01.